The van der Waals surface area contributed by atoms with E-state index in [1.807, 2.05) is 18.2 Å². The zero-order chi connectivity index (χ0) is 11.2. The van der Waals surface area contributed by atoms with Crippen LogP contribution >= 0.6 is 0 Å². The Hall–Kier alpha value is -2.48. The zero-order valence-electron chi connectivity index (χ0n) is 8.46. The van der Waals surface area contributed by atoms with Gasteiger partial charge in [-0.25, -0.2) is 9.97 Å². The van der Waals surface area contributed by atoms with E-state index >= 15 is 0 Å². The smallest absolute Gasteiger partial charge is 0.147 e. The number of rotatable bonds is 3. The molecule has 0 unspecified atom stereocenters. The second-order valence-electron chi connectivity index (χ2n) is 3.11. The van der Waals surface area contributed by atoms with Crippen molar-refractivity contribution < 1.29 is 0 Å². The summed E-state index contributed by atoms with van der Waals surface area (Å²) in [5.41, 5.74) is 1.52. The van der Waals surface area contributed by atoms with Gasteiger partial charge in [-0.1, -0.05) is 0 Å². The molecule has 2 aromatic rings. The fourth-order valence-corrected chi connectivity index (χ4v) is 1.24. The van der Waals surface area contributed by atoms with Crippen LogP contribution in [0.15, 0.2) is 37.1 Å². The summed E-state index contributed by atoms with van der Waals surface area (Å²) in [5.74, 6) is 0.550. The molecule has 5 heteroatoms. The van der Waals surface area contributed by atoms with Gasteiger partial charge < -0.3 is 5.32 Å². The van der Waals surface area contributed by atoms with Crippen molar-refractivity contribution in [1.82, 2.24) is 15.0 Å². The molecule has 16 heavy (non-hydrogen) atoms. The maximum atomic E-state index is 8.84. The largest absolute Gasteiger partial charge is 0.365 e. The number of hydrogen-bond acceptors (Lipinski definition) is 5. The Bertz CT molecular complexity index is 503. The summed E-state index contributed by atoms with van der Waals surface area (Å²) >= 11 is 0. The molecule has 0 saturated heterocycles. The van der Waals surface area contributed by atoms with E-state index in [0.29, 0.717) is 17.9 Å². The highest BCUT2D eigenvalue weighted by Crippen LogP contribution is 2.09. The summed E-state index contributed by atoms with van der Waals surface area (Å²) in [6.07, 6.45) is 6.35. The van der Waals surface area contributed by atoms with Gasteiger partial charge in [-0.15, -0.1) is 0 Å². The Labute approximate surface area is 92.8 Å². The number of nitriles is 1. The minimum atomic E-state index is 0.441. The van der Waals surface area contributed by atoms with Gasteiger partial charge in [-0.2, -0.15) is 5.26 Å². The maximum Gasteiger partial charge on any atom is 0.147 e. The second kappa shape index (κ2) is 4.84. The van der Waals surface area contributed by atoms with Crippen LogP contribution in [-0.2, 0) is 6.54 Å². The van der Waals surface area contributed by atoms with Crippen molar-refractivity contribution in [2.75, 3.05) is 5.32 Å². The minimum absolute atomic E-state index is 0.441. The first-order chi connectivity index (χ1) is 7.90. The standard InChI is InChI=1S/C11H9N5/c12-5-10-7-14-8-16-11(10)15-6-9-1-3-13-4-2-9/h1-4,7-8H,6H2,(H,14,15,16). The zero-order valence-corrected chi connectivity index (χ0v) is 8.46. The van der Waals surface area contributed by atoms with Gasteiger partial charge in [0.25, 0.3) is 0 Å². The fraction of sp³-hybridized carbons (Fsp3) is 0.0909. The molecule has 0 aliphatic carbocycles. The number of hydrogen-bond donors (Lipinski definition) is 1. The summed E-state index contributed by atoms with van der Waals surface area (Å²) in [7, 11) is 0. The first-order valence-electron chi connectivity index (χ1n) is 4.73. The molecule has 0 aliphatic rings. The van der Waals surface area contributed by atoms with Gasteiger partial charge in [-0.3, -0.25) is 4.98 Å². The molecule has 0 aliphatic heterocycles. The highest BCUT2D eigenvalue weighted by Gasteiger charge is 2.01. The predicted molar refractivity (Wildman–Crippen MR) is 58.3 cm³/mol. The summed E-state index contributed by atoms with van der Waals surface area (Å²) in [4.78, 5) is 11.7. The van der Waals surface area contributed by atoms with Crippen molar-refractivity contribution in [3.8, 4) is 6.07 Å². The highest BCUT2D eigenvalue weighted by atomic mass is 15.0. The lowest BCUT2D eigenvalue weighted by Gasteiger charge is -2.05. The molecule has 2 aromatic heterocycles. The highest BCUT2D eigenvalue weighted by molar-refractivity contribution is 5.49. The molecule has 2 rings (SSSR count). The summed E-state index contributed by atoms with van der Waals surface area (Å²) in [5, 5.41) is 11.9. The van der Waals surface area contributed by atoms with Crippen molar-refractivity contribution in [3.63, 3.8) is 0 Å². The third-order valence-electron chi connectivity index (χ3n) is 2.04. The topological polar surface area (TPSA) is 74.5 Å². The molecule has 2 heterocycles. The summed E-state index contributed by atoms with van der Waals surface area (Å²) < 4.78 is 0. The lowest BCUT2D eigenvalue weighted by Crippen LogP contribution is -2.03. The molecule has 0 amide bonds. The van der Waals surface area contributed by atoms with Crippen molar-refractivity contribution >= 4 is 5.82 Å². The Kier molecular flexibility index (Phi) is 3.04. The molecule has 0 atom stereocenters. The van der Waals surface area contributed by atoms with E-state index in [0.717, 1.165) is 5.56 Å². The number of nitrogens with zero attached hydrogens (tertiary/aromatic N) is 4. The van der Waals surface area contributed by atoms with Crippen LogP contribution in [0, 0.1) is 11.3 Å². The van der Waals surface area contributed by atoms with Crippen LogP contribution in [-0.4, -0.2) is 15.0 Å². The fourth-order valence-electron chi connectivity index (χ4n) is 1.24. The Morgan fingerprint density at radius 3 is 2.81 bits per heavy atom. The van der Waals surface area contributed by atoms with Gasteiger partial charge in [0, 0.05) is 18.9 Å². The second-order valence-corrected chi connectivity index (χ2v) is 3.11. The lowest BCUT2D eigenvalue weighted by atomic mass is 10.2. The Morgan fingerprint density at radius 1 is 1.25 bits per heavy atom. The van der Waals surface area contributed by atoms with E-state index in [9.17, 15) is 0 Å². The first kappa shape index (κ1) is 10.1. The van der Waals surface area contributed by atoms with Crippen LogP contribution in [0.5, 0.6) is 0 Å². The average molecular weight is 211 g/mol. The quantitative estimate of drug-likeness (QED) is 0.829. The van der Waals surface area contributed by atoms with Crippen LogP contribution < -0.4 is 5.32 Å². The molecule has 0 saturated carbocycles. The van der Waals surface area contributed by atoms with E-state index in [2.05, 4.69) is 20.3 Å². The van der Waals surface area contributed by atoms with Crippen LogP contribution in [0.3, 0.4) is 0 Å². The number of pyridine rings is 1. The Morgan fingerprint density at radius 2 is 2.06 bits per heavy atom. The van der Waals surface area contributed by atoms with Gasteiger partial charge in [0.15, 0.2) is 0 Å². The molecular weight excluding hydrogens is 202 g/mol. The Balaban J connectivity index is 2.09. The molecule has 0 fully saturated rings. The van der Waals surface area contributed by atoms with Gasteiger partial charge in [0.2, 0.25) is 0 Å². The average Bonchev–Trinajstić information content (AvgIpc) is 2.38. The molecule has 0 bridgehead atoms. The molecule has 78 valence electrons. The number of nitrogens with one attached hydrogen (secondary N) is 1. The molecule has 5 nitrogen and oxygen atoms in total. The maximum absolute atomic E-state index is 8.84. The molecule has 0 aromatic carbocycles. The third-order valence-corrected chi connectivity index (χ3v) is 2.04. The van der Waals surface area contributed by atoms with Gasteiger partial charge in [0.05, 0.1) is 6.20 Å². The van der Waals surface area contributed by atoms with Crippen LogP contribution in [0.25, 0.3) is 0 Å². The summed E-state index contributed by atoms with van der Waals surface area (Å²) in [6, 6.07) is 5.84. The predicted octanol–water partition coefficient (Wildman–Crippen LogP) is 1.36. The van der Waals surface area contributed by atoms with Crippen LogP contribution in [0.4, 0.5) is 5.82 Å². The van der Waals surface area contributed by atoms with E-state index in [1.54, 1.807) is 12.4 Å². The monoisotopic (exact) mass is 211 g/mol. The molecule has 0 spiro atoms. The first-order valence-corrected chi connectivity index (χ1v) is 4.73. The van der Waals surface area contributed by atoms with Gasteiger partial charge in [0.1, 0.15) is 23.8 Å². The van der Waals surface area contributed by atoms with Crippen molar-refractivity contribution in [3.05, 3.63) is 48.2 Å². The molecular formula is C11H9N5. The third kappa shape index (κ3) is 2.30. The minimum Gasteiger partial charge on any atom is -0.365 e. The van der Waals surface area contributed by atoms with Crippen molar-refractivity contribution in [2.45, 2.75) is 6.54 Å². The molecule has 0 radical (unpaired) electrons. The number of anilines is 1. The van der Waals surface area contributed by atoms with E-state index in [4.69, 9.17) is 5.26 Å². The molecule has 1 N–H and O–H groups in total. The van der Waals surface area contributed by atoms with Crippen molar-refractivity contribution in [1.29, 1.82) is 5.26 Å². The van der Waals surface area contributed by atoms with E-state index in [1.165, 1.54) is 12.5 Å². The number of aromatic nitrogens is 3. The van der Waals surface area contributed by atoms with Crippen LogP contribution in [0.2, 0.25) is 0 Å². The van der Waals surface area contributed by atoms with Crippen LogP contribution in [0.1, 0.15) is 11.1 Å². The van der Waals surface area contributed by atoms with Crippen molar-refractivity contribution in [2.24, 2.45) is 0 Å². The SMILES string of the molecule is N#Cc1cncnc1NCc1ccncc1. The lowest BCUT2D eigenvalue weighted by molar-refractivity contribution is 1.06. The van der Waals surface area contributed by atoms with E-state index < -0.39 is 0 Å². The van der Waals surface area contributed by atoms with Gasteiger partial charge in [-0.05, 0) is 17.7 Å². The van der Waals surface area contributed by atoms with Gasteiger partial charge >= 0.3 is 0 Å². The summed E-state index contributed by atoms with van der Waals surface area (Å²) in [6.45, 7) is 0.605. The van der Waals surface area contributed by atoms with E-state index in [-0.39, 0.29) is 0 Å². The normalized spacial score (nSPS) is 9.44.